The maximum absolute atomic E-state index is 11.3. The average molecular weight is 249 g/mol. The van der Waals surface area contributed by atoms with Gasteiger partial charge in [-0.3, -0.25) is 4.79 Å². The number of methoxy groups -OCH3 is 1. The number of esters is 1. The Bertz CT molecular complexity index is 485. The van der Waals surface area contributed by atoms with Crippen molar-refractivity contribution in [2.75, 3.05) is 13.7 Å². The first-order valence-corrected chi connectivity index (χ1v) is 5.34. The van der Waals surface area contributed by atoms with Gasteiger partial charge in [-0.1, -0.05) is 6.08 Å². The molecule has 0 aromatic carbocycles. The molecule has 0 saturated carbocycles. The third kappa shape index (κ3) is 3.62. The van der Waals surface area contributed by atoms with Gasteiger partial charge >= 0.3 is 5.97 Å². The highest BCUT2D eigenvalue weighted by molar-refractivity contribution is 5.93. The predicted molar refractivity (Wildman–Crippen MR) is 67.0 cm³/mol. The van der Waals surface area contributed by atoms with Crippen LogP contribution in [0.5, 0.6) is 0 Å². The number of aryl methyl sites for hydroxylation is 1. The molecule has 1 heterocycles. The van der Waals surface area contributed by atoms with Gasteiger partial charge in [0.25, 0.3) is 0 Å². The van der Waals surface area contributed by atoms with Crippen molar-refractivity contribution < 1.29 is 18.7 Å². The Hall–Kier alpha value is -2.30. The molecule has 0 fully saturated rings. The topological polar surface area (TPSA) is 68.5 Å². The second-order valence-electron chi connectivity index (χ2n) is 3.48. The molecule has 1 aromatic rings. The fourth-order valence-corrected chi connectivity index (χ4v) is 1.29. The summed E-state index contributed by atoms with van der Waals surface area (Å²) >= 11 is 0. The summed E-state index contributed by atoms with van der Waals surface area (Å²) in [6, 6.07) is 1.53. The maximum Gasteiger partial charge on any atom is 0.341 e. The molecule has 0 saturated heterocycles. The molecule has 96 valence electrons. The van der Waals surface area contributed by atoms with Crippen LogP contribution in [0.2, 0.25) is 0 Å². The fourth-order valence-electron chi connectivity index (χ4n) is 1.29. The minimum Gasteiger partial charge on any atom is -0.465 e. The first kappa shape index (κ1) is 13.8. The van der Waals surface area contributed by atoms with E-state index in [0.29, 0.717) is 23.6 Å². The largest absolute Gasteiger partial charge is 0.465 e. The van der Waals surface area contributed by atoms with E-state index in [1.54, 1.807) is 13.0 Å². The summed E-state index contributed by atoms with van der Waals surface area (Å²) in [6.07, 6.45) is 4.39. The van der Waals surface area contributed by atoms with E-state index < -0.39 is 5.97 Å². The van der Waals surface area contributed by atoms with Crippen LogP contribution in [0.15, 0.2) is 29.2 Å². The van der Waals surface area contributed by atoms with E-state index in [0.717, 1.165) is 0 Å². The van der Waals surface area contributed by atoms with E-state index in [9.17, 15) is 9.59 Å². The van der Waals surface area contributed by atoms with Crippen molar-refractivity contribution in [1.29, 1.82) is 0 Å². The SMILES string of the molecule is C=CCNC(=O)/C=C/c1cc(C(=O)OC)c(C)o1. The minimum atomic E-state index is -0.466. The van der Waals surface area contributed by atoms with Crippen LogP contribution in [0.1, 0.15) is 21.9 Å². The van der Waals surface area contributed by atoms with Crippen molar-refractivity contribution in [3.05, 3.63) is 41.9 Å². The van der Waals surface area contributed by atoms with Crippen molar-refractivity contribution >= 4 is 18.0 Å². The van der Waals surface area contributed by atoms with Gasteiger partial charge < -0.3 is 14.5 Å². The van der Waals surface area contributed by atoms with Gasteiger partial charge in [-0.05, 0) is 19.1 Å². The first-order chi connectivity index (χ1) is 8.58. The molecule has 0 bridgehead atoms. The van der Waals surface area contributed by atoms with Crippen LogP contribution in [-0.2, 0) is 9.53 Å². The molecule has 0 aliphatic rings. The summed E-state index contributed by atoms with van der Waals surface area (Å²) in [5, 5.41) is 2.58. The second kappa shape index (κ2) is 6.44. The lowest BCUT2D eigenvalue weighted by Crippen LogP contribution is -2.20. The number of rotatable bonds is 5. The van der Waals surface area contributed by atoms with E-state index in [-0.39, 0.29) is 5.91 Å². The van der Waals surface area contributed by atoms with Crippen LogP contribution in [-0.4, -0.2) is 25.5 Å². The lowest BCUT2D eigenvalue weighted by molar-refractivity contribution is -0.116. The highest BCUT2D eigenvalue weighted by Gasteiger charge is 2.13. The summed E-state index contributed by atoms with van der Waals surface area (Å²) < 4.78 is 9.90. The predicted octanol–water partition coefficient (Wildman–Crippen LogP) is 1.69. The molecule has 0 atom stereocenters. The number of hydrogen-bond donors (Lipinski definition) is 1. The molecule has 0 spiro atoms. The Balaban J connectivity index is 2.74. The van der Waals surface area contributed by atoms with Gasteiger partial charge in [0.05, 0.1) is 7.11 Å². The monoisotopic (exact) mass is 249 g/mol. The zero-order chi connectivity index (χ0) is 13.5. The van der Waals surface area contributed by atoms with Gasteiger partial charge in [-0.15, -0.1) is 6.58 Å². The van der Waals surface area contributed by atoms with E-state index in [4.69, 9.17) is 4.42 Å². The van der Waals surface area contributed by atoms with Gasteiger partial charge in [0, 0.05) is 12.6 Å². The van der Waals surface area contributed by atoms with Crippen molar-refractivity contribution in [2.24, 2.45) is 0 Å². The van der Waals surface area contributed by atoms with E-state index in [1.165, 1.54) is 25.3 Å². The lowest BCUT2D eigenvalue weighted by atomic mass is 10.2. The third-order valence-electron chi connectivity index (χ3n) is 2.16. The van der Waals surface area contributed by atoms with Crippen LogP contribution < -0.4 is 5.32 Å². The second-order valence-corrected chi connectivity index (χ2v) is 3.48. The van der Waals surface area contributed by atoms with Crippen LogP contribution >= 0.6 is 0 Å². The summed E-state index contributed by atoms with van der Waals surface area (Å²) in [6.45, 7) is 5.54. The normalized spacial score (nSPS) is 10.3. The van der Waals surface area contributed by atoms with Crippen molar-refractivity contribution in [3.63, 3.8) is 0 Å². The van der Waals surface area contributed by atoms with Crippen molar-refractivity contribution in [1.82, 2.24) is 5.32 Å². The minimum absolute atomic E-state index is 0.261. The maximum atomic E-state index is 11.3. The van der Waals surface area contributed by atoms with Crippen molar-refractivity contribution in [2.45, 2.75) is 6.92 Å². The molecule has 0 aliphatic carbocycles. The molecular formula is C13H15NO4. The van der Waals surface area contributed by atoms with E-state index in [2.05, 4.69) is 16.6 Å². The number of carbonyl (C=O) groups excluding carboxylic acids is 2. The molecule has 5 nitrogen and oxygen atoms in total. The Kier molecular flexibility index (Phi) is 4.92. The number of hydrogen-bond acceptors (Lipinski definition) is 4. The van der Waals surface area contributed by atoms with E-state index >= 15 is 0 Å². The summed E-state index contributed by atoms with van der Waals surface area (Å²) in [5.41, 5.74) is 0.351. The molecule has 1 aromatic heterocycles. The Morgan fingerprint density at radius 1 is 1.56 bits per heavy atom. The number of nitrogens with one attached hydrogen (secondary N) is 1. The summed E-state index contributed by atoms with van der Waals surface area (Å²) in [4.78, 5) is 22.6. The number of amides is 1. The Morgan fingerprint density at radius 3 is 2.89 bits per heavy atom. The first-order valence-electron chi connectivity index (χ1n) is 5.34. The average Bonchev–Trinajstić information content (AvgIpc) is 2.74. The van der Waals surface area contributed by atoms with Gasteiger partial charge in [-0.25, -0.2) is 4.79 Å². The standard InChI is InChI=1S/C13H15NO4/c1-4-7-14-12(15)6-5-10-8-11(9(2)18-10)13(16)17-3/h4-6,8H,1,7H2,2-3H3,(H,14,15)/b6-5+. The number of carbonyl (C=O) groups is 2. The van der Waals surface area contributed by atoms with Gasteiger partial charge in [-0.2, -0.15) is 0 Å². The van der Waals surface area contributed by atoms with Crippen LogP contribution in [0.25, 0.3) is 6.08 Å². The zero-order valence-corrected chi connectivity index (χ0v) is 10.4. The molecule has 0 aliphatic heterocycles. The van der Waals surface area contributed by atoms with Crippen LogP contribution in [0.3, 0.4) is 0 Å². The van der Waals surface area contributed by atoms with Gasteiger partial charge in [0.1, 0.15) is 17.1 Å². The van der Waals surface area contributed by atoms with Gasteiger partial charge in [0.2, 0.25) is 5.91 Å². The molecule has 1 N–H and O–H groups in total. The lowest BCUT2D eigenvalue weighted by Gasteiger charge is -1.94. The molecule has 0 radical (unpaired) electrons. The molecular weight excluding hydrogens is 234 g/mol. The summed E-state index contributed by atoms with van der Waals surface area (Å²) in [7, 11) is 1.30. The summed E-state index contributed by atoms with van der Waals surface area (Å²) in [5.74, 6) is 0.144. The number of furan rings is 1. The highest BCUT2D eigenvalue weighted by atomic mass is 16.5. The van der Waals surface area contributed by atoms with Crippen LogP contribution in [0.4, 0.5) is 0 Å². The molecule has 18 heavy (non-hydrogen) atoms. The molecule has 1 rings (SSSR count). The smallest absolute Gasteiger partial charge is 0.341 e. The number of ether oxygens (including phenoxy) is 1. The Morgan fingerprint density at radius 2 is 2.28 bits per heavy atom. The van der Waals surface area contributed by atoms with Gasteiger partial charge in [0.15, 0.2) is 0 Å². The third-order valence-corrected chi connectivity index (χ3v) is 2.16. The quantitative estimate of drug-likeness (QED) is 0.490. The molecule has 5 heteroatoms. The van der Waals surface area contributed by atoms with E-state index in [1.807, 2.05) is 0 Å². The van der Waals surface area contributed by atoms with Crippen LogP contribution in [0, 0.1) is 6.92 Å². The molecule has 1 amide bonds. The zero-order valence-electron chi connectivity index (χ0n) is 10.4. The Labute approximate surface area is 105 Å². The molecule has 0 unspecified atom stereocenters. The fraction of sp³-hybridized carbons (Fsp3) is 0.231. The highest BCUT2D eigenvalue weighted by Crippen LogP contribution is 2.16. The van der Waals surface area contributed by atoms with Crippen molar-refractivity contribution in [3.8, 4) is 0 Å².